The summed E-state index contributed by atoms with van der Waals surface area (Å²) in [5.74, 6) is 0. The van der Waals surface area contributed by atoms with Gasteiger partial charge in [0.25, 0.3) is 0 Å². The first kappa shape index (κ1) is 30.5. The Labute approximate surface area is 196 Å². The summed E-state index contributed by atoms with van der Waals surface area (Å²) >= 11 is -1.09. The first-order chi connectivity index (χ1) is 14.7. The zero-order valence-electron chi connectivity index (χ0n) is 21.9. The maximum atomic E-state index is 6.98. The molecular formula is C27H58AlNO. The molecule has 0 aliphatic heterocycles. The lowest BCUT2D eigenvalue weighted by Crippen LogP contribution is -2.42. The van der Waals surface area contributed by atoms with Crippen molar-refractivity contribution in [1.29, 1.82) is 0 Å². The number of hydrogen-bond donors (Lipinski definition) is 0. The fourth-order valence-corrected chi connectivity index (χ4v) is 7.23. The summed E-state index contributed by atoms with van der Waals surface area (Å²) in [6.45, 7) is 14.0. The van der Waals surface area contributed by atoms with Gasteiger partial charge in [-0.2, -0.15) is 0 Å². The Hall–Kier alpha value is 0.452. The first-order valence-electron chi connectivity index (χ1n) is 14.1. The van der Waals surface area contributed by atoms with E-state index < -0.39 is 14.5 Å². The number of hydrogen-bond acceptors (Lipinski definition) is 2. The Balaban J connectivity index is 4.61. The molecule has 2 nitrogen and oxygen atoms in total. The van der Waals surface area contributed by atoms with Gasteiger partial charge >= 0.3 is 14.5 Å². The van der Waals surface area contributed by atoms with Gasteiger partial charge in [0, 0.05) is 13.1 Å². The van der Waals surface area contributed by atoms with E-state index in [2.05, 4.69) is 39.5 Å². The van der Waals surface area contributed by atoms with Crippen LogP contribution in [-0.2, 0) is 3.79 Å². The van der Waals surface area contributed by atoms with Gasteiger partial charge < -0.3 is 3.79 Å². The van der Waals surface area contributed by atoms with Crippen LogP contribution in [0.2, 0.25) is 10.6 Å². The van der Waals surface area contributed by atoms with E-state index in [1.54, 1.807) is 0 Å². The molecule has 0 saturated carbocycles. The Morgan fingerprint density at radius 2 is 0.933 bits per heavy atom. The van der Waals surface area contributed by atoms with E-state index in [4.69, 9.17) is 3.79 Å². The van der Waals surface area contributed by atoms with Crippen LogP contribution in [0.3, 0.4) is 0 Å². The number of rotatable bonds is 24. The predicted molar refractivity (Wildman–Crippen MR) is 139 cm³/mol. The number of unbranched alkanes of at least 4 members (excludes halogenated alkanes) is 12. The summed E-state index contributed by atoms with van der Waals surface area (Å²) in [5.41, 5.74) is 0. The van der Waals surface area contributed by atoms with Crippen molar-refractivity contribution in [1.82, 2.24) is 4.90 Å². The fourth-order valence-electron chi connectivity index (χ4n) is 4.37. The maximum absolute atomic E-state index is 6.98. The minimum atomic E-state index is -1.09. The lowest BCUT2D eigenvalue weighted by Gasteiger charge is -2.34. The standard InChI is InChI=1S/C11H24NO.2C8H17.Al/c1-4-7-9-12(10-8-5-2)11(13)6-3;2*1-3-5-7-8-6-4-2;/h11H,4-10H2,1-3H3;2*1,3-8H2,2H3;/q-1;;;+1. The van der Waals surface area contributed by atoms with Gasteiger partial charge in [-0.1, -0.05) is 135 Å². The molecule has 1 atom stereocenters. The third kappa shape index (κ3) is 18.1. The van der Waals surface area contributed by atoms with Crippen molar-refractivity contribution in [3.63, 3.8) is 0 Å². The van der Waals surface area contributed by atoms with Crippen LogP contribution in [0.1, 0.15) is 144 Å². The third-order valence-corrected chi connectivity index (χ3v) is 9.27. The molecule has 0 saturated heterocycles. The van der Waals surface area contributed by atoms with Gasteiger partial charge in [-0.05, 0) is 19.3 Å². The van der Waals surface area contributed by atoms with Gasteiger partial charge in [0.15, 0.2) is 0 Å². The average Bonchev–Trinajstić information content (AvgIpc) is 2.76. The van der Waals surface area contributed by atoms with Crippen molar-refractivity contribution in [2.24, 2.45) is 0 Å². The summed E-state index contributed by atoms with van der Waals surface area (Å²) in [6.07, 6.45) is 23.7. The average molecular weight is 440 g/mol. The quantitative estimate of drug-likeness (QED) is 0.0843. The van der Waals surface area contributed by atoms with E-state index in [1.165, 1.54) is 126 Å². The van der Waals surface area contributed by atoms with E-state index in [0.717, 1.165) is 6.42 Å². The first-order valence-corrected chi connectivity index (χ1v) is 16.2. The summed E-state index contributed by atoms with van der Waals surface area (Å²) < 4.78 is 6.98. The van der Waals surface area contributed by atoms with Gasteiger partial charge in [-0.25, -0.2) is 0 Å². The van der Waals surface area contributed by atoms with Crippen LogP contribution >= 0.6 is 0 Å². The van der Waals surface area contributed by atoms with Crippen molar-refractivity contribution < 1.29 is 3.79 Å². The molecule has 0 rings (SSSR count). The highest BCUT2D eigenvalue weighted by atomic mass is 27.2. The van der Waals surface area contributed by atoms with Crippen LogP contribution in [-0.4, -0.2) is 38.7 Å². The minimum absolute atomic E-state index is 0.389. The molecule has 0 aromatic heterocycles. The van der Waals surface area contributed by atoms with Crippen molar-refractivity contribution in [2.45, 2.75) is 161 Å². The molecule has 0 aromatic rings. The van der Waals surface area contributed by atoms with Gasteiger partial charge in [-0.15, -0.1) is 0 Å². The molecular weight excluding hydrogens is 381 g/mol. The monoisotopic (exact) mass is 439 g/mol. The topological polar surface area (TPSA) is 12.5 Å². The lowest BCUT2D eigenvalue weighted by atomic mass is 10.1. The van der Waals surface area contributed by atoms with Crippen molar-refractivity contribution in [3.05, 3.63) is 0 Å². The summed E-state index contributed by atoms with van der Waals surface area (Å²) in [5, 5.41) is 2.82. The van der Waals surface area contributed by atoms with Gasteiger partial charge in [0.05, 0.1) is 6.23 Å². The maximum Gasteiger partial charge on any atom is 0.461 e. The fraction of sp³-hybridized carbons (Fsp3) is 1.00. The molecule has 0 heterocycles. The van der Waals surface area contributed by atoms with Crippen LogP contribution in [0.25, 0.3) is 0 Å². The highest BCUT2D eigenvalue weighted by Crippen LogP contribution is 2.20. The van der Waals surface area contributed by atoms with Gasteiger partial charge in [-0.3, -0.25) is 4.90 Å². The molecule has 180 valence electrons. The molecule has 3 heteroatoms. The molecule has 0 radical (unpaired) electrons. The van der Waals surface area contributed by atoms with E-state index in [9.17, 15) is 0 Å². The van der Waals surface area contributed by atoms with Gasteiger partial charge in [0.2, 0.25) is 0 Å². The molecule has 0 spiro atoms. The Morgan fingerprint density at radius 1 is 0.533 bits per heavy atom. The lowest BCUT2D eigenvalue weighted by molar-refractivity contribution is 0.0169. The second kappa shape index (κ2) is 24.1. The van der Waals surface area contributed by atoms with E-state index >= 15 is 0 Å². The second-order valence-corrected chi connectivity index (χ2v) is 12.1. The molecule has 0 N–H and O–H groups in total. The van der Waals surface area contributed by atoms with Gasteiger partial charge in [0.1, 0.15) is 0 Å². The molecule has 30 heavy (non-hydrogen) atoms. The Kier molecular flexibility index (Phi) is 24.5. The molecule has 0 aliphatic carbocycles. The smallest absolute Gasteiger partial charge is 0.461 e. The molecule has 0 fully saturated rings. The minimum Gasteiger partial charge on any atom is -0.487 e. The number of nitrogens with zero attached hydrogens (tertiary/aromatic N) is 1. The highest BCUT2D eigenvalue weighted by Gasteiger charge is 2.26. The second-order valence-electron chi connectivity index (χ2n) is 9.48. The molecule has 0 amide bonds. The third-order valence-electron chi connectivity index (χ3n) is 6.46. The van der Waals surface area contributed by atoms with Crippen molar-refractivity contribution in [2.75, 3.05) is 13.1 Å². The molecule has 1 unspecified atom stereocenters. The van der Waals surface area contributed by atoms with Crippen LogP contribution in [0.4, 0.5) is 0 Å². The predicted octanol–water partition coefficient (Wildman–Crippen LogP) is 9.35. The molecule has 0 aromatic carbocycles. The summed E-state index contributed by atoms with van der Waals surface area (Å²) in [7, 11) is 0. The molecule has 0 bridgehead atoms. The summed E-state index contributed by atoms with van der Waals surface area (Å²) in [4.78, 5) is 2.69. The Bertz CT molecular complexity index is 302. The SMILES string of the molecule is CCCCCCC[CH2][Al]([CH2]CCCCCCC)[O]C(CC)N(CCCC)CCCC. The zero-order valence-corrected chi connectivity index (χ0v) is 23.0. The summed E-state index contributed by atoms with van der Waals surface area (Å²) in [6, 6.07) is 0. The van der Waals surface area contributed by atoms with E-state index in [1.807, 2.05) is 0 Å². The highest BCUT2D eigenvalue weighted by molar-refractivity contribution is 6.51. The van der Waals surface area contributed by atoms with Crippen molar-refractivity contribution >= 4 is 14.5 Å². The molecule has 0 aliphatic rings. The Morgan fingerprint density at radius 3 is 1.33 bits per heavy atom. The zero-order chi connectivity index (χ0) is 22.3. The van der Waals surface area contributed by atoms with Crippen LogP contribution in [0.15, 0.2) is 0 Å². The van der Waals surface area contributed by atoms with E-state index in [-0.39, 0.29) is 0 Å². The normalized spacial score (nSPS) is 12.6. The van der Waals surface area contributed by atoms with Crippen LogP contribution in [0.5, 0.6) is 0 Å². The largest absolute Gasteiger partial charge is 0.487 e. The van der Waals surface area contributed by atoms with Crippen molar-refractivity contribution in [3.8, 4) is 0 Å². The van der Waals surface area contributed by atoms with Crippen LogP contribution < -0.4 is 0 Å². The van der Waals surface area contributed by atoms with E-state index in [0.29, 0.717) is 6.23 Å². The van der Waals surface area contributed by atoms with Crippen LogP contribution in [0, 0.1) is 0 Å².